The fourth-order valence-electron chi connectivity index (χ4n) is 1.43. The van der Waals surface area contributed by atoms with Gasteiger partial charge in [-0.3, -0.25) is 0 Å². The number of hydrogen-bond acceptors (Lipinski definition) is 2. The zero-order chi connectivity index (χ0) is 11.7. The summed E-state index contributed by atoms with van der Waals surface area (Å²) >= 11 is 2.03. The molecule has 15 heavy (non-hydrogen) atoms. The maximum Gasteiger partial charge on any atom is 0.0140 e. The molecule has 2 heteroatoms. The van der Waals surface area contributed by atoms with Gasteiger partial charge in [-0.1, -0.05) is 32.4 Å². The average molecular weight is 229 g/mol. The van der Waals surface area contributed by atoms with Crippen LogP contribution in [0.3, 0.4) is 0 Å². The minimum atomic E-state index is 0.710. The van der Waals surface area contributed by atoms with Crippen LogP contribution in [-0.2, 0) is 0 Å². The molecule has 0 fully saturated rings. The Bertz CT molecular complexity index is 168. The van der Waals surface area contributed by atoms with Gasteiger partial charge in [0.1, 0.15) is 0 Å². The molecule has 0 saturated carbocycles. The largest absolute Gasteiger partial charge is 0.304 e. The van der Waals surface area contributed by atoms with Crippen molar-refractivity contribution in [2.75, 3.05) is 25.1 Å². The van der Waals surface area contributed by atoms with E-state index >= 15 is 0 Å². The van der Waals surface area contributed by atoms with E-state index < -0.39 is 0 Å². The molecular weight excluding hydrogens is 202 g/mol. The Hall–Kier alpha value is 0.0500. The summed E-state index contributed by atoms with van der Waals surface area (Å²) in [5.74, 6) is 2.41. The molecule has 0 aliphatic carbocycles. The quantitative estimate of drug-likeness (QED) is 0.437. The van der Waals surface area contributed by atoms with Gasteiger partial charge in [0, 0.05) is 11.8 Å². The summed E-state index contributed by atoms with van der Waals surface area (Å²) in [6.45, 7) is 12.0. The van der Waals surface area contributed by atoms with Gasteiger partial charge >= 0.3 is 0 Å². The van der Waals surface area contributed by atoms with Crippen molar-refractivity contribution < 1.29 is 0 Å². The molecule has 0 aromatic carbocycles. The monoisotopic (exact) mass is 229 g/mol. The molecule has 0 aliphatic heterocycles. The van der Waals surface area contributed by atoms with E-state index in [1.165, 1.54) is 30.6 Å². The Morgan fingerprint density at radius 2 is 2.07 bits per heavy atom. The number of hydrogen-bond donors (Lipinski definition) is 0. The highest BCUT2D eigenvalue weighted by molar-refractivity contribution is 7.99. The SMILES string of the molecule is C=C(CCC)CSCCC(C)N(C)CC. The topological polar surface area (TPSA) is 3.24 Å². The Balaban J connectivity index is 3.41. The van der Waals surface area contributed by atoms with Gasteiger partial charge in [0.25, 0.3) is 0 Å². The Kier molecular flexibility index (Phi) is 9.32. The van der Waals surface area contributed by atoms with Crippen LogP contribution >= 0.6 is 11.8 Å². The van der Waals surface area contributed by atoms with E-state index in [4.69, 9.17) is 0 Å². The van der Waals surface area contributed by atoms with Crippen LogP contribution in [-0.4, -0.2) is 36.0 Å². The molecule has 0 bridgehead atoms. The van der Waals surface area contributed by atoms with E-state index in [2.05, 4.69) is 39.3 Å². The first-order chi connectivity index (χ1) is 7.11. The Morgan fingerprint density at radius 1 is 1.40 bits per heavy atom. The van der Waals surface area contributed by atoms with Gasteiger partial charge in [0.05, 0.1) is 0 Å². The highest BCUT2D eigenvalue weighted by atomic mass is 32.2. The minimum Gasteiger partial charge on any atom is -0.304 e. The van der Waals surface area contributed by atoms with Gasteiger partial charge in [-0.15, -0.1) is 0 Å². The molecule has 0 rings (SSSR count). The van der Waals surface area contributed by atoms with Crippen LogP contribution in [0.5, 0.6) is 0 Å². The van der Waals surface area contributed by atoms with Crippen LogP contribution in [0.2, 0.25) is 0 Å². The van der Waals surface area contributed by atoms with Crippen molar-refractivity contribution in [2.45, 2.75) is 46.1 Å². The zero-order valence-corrected chi connectivity index (χ0v) is 11.7. The van der Waals surface area contributed by atoms with E-state index in [9.17, 15) is 0 Å². The van der Waals surface area contributed by atoms with E-state index in [1.807, 2.05) is 11.8 Å². The first-order valence-corrected chi connectivity index (χ1v) is 7.21. The molecular formula is C13H27NS. The van der Waals surface area contributed by atoms with Crippen LogP contribution in [0, 0.1) is 0 Å². The van der Waals surface area contributed by atoms with Crippen LogP contribution in [0.1, 0.15) is 40.0 Å². The second kappa shape index (κ2) is 9.29. The second-order valence-electron chi connectivity index (χ2n) is 4.26. The summed E-state index contributed by atoms with van der Waals surface area (Å²) in [7, 11) is 2.20. The van der Waals surface area contributed by atoms with Crippen LogP contribution in [0.4, 0.5) is 0 Å². The smallest absolute Gasteiger partial charge is 0.0140 e. The molecule has 0 spiro atoms. The molecule has 0 saturated heterocycles. The van der Waals surface area contributed by atoms with Crippen molar-refractivity contribution >= 4 is 11.8 Å². The van der Waals surface area contributed by atoms with Crippen LogP contribution in [0.15, 0.2) is 12.2 Å². The minimum absolute atomic E-state index is 0.710. The lowest BCUT2D eigenvalue weighted by atomic mass is 10.2. The molecule has 0 N–H and O–H groups in total. The van der Waals surface area contributed by atoms with Crippen LogP contribution in [0.25, 0.3) is 0 Å². The van der Waals surface area contributed by atoms with E-state index in [0.29, 0.717) is 6.04 Å². The summed E-state index contributed by atoms with van der Waals surface area (Å²) in [5.41, 5.74) is 1.40. The van der Waals surface area contributed by atoms with Gasteiger partial charge in [-0.2, -0.15) is 11.8 Å². The maximum atomic E-state index is 4.08. The third-order valence-corrected chi connectivity index (χ3v) is 3.98. The standard InChI is InChI=1S/C13H27NS/c1-6-8-12(3)11-15-10-9-13(4)14(5)7-2/h13H,3,6-11H2,1-2,4-5H3. The van der Waals surface area contributed by atoms with Gasteiger partial charge in [-0.25, -0.2) is 0 Å². The van der Waals surface area contributed by atoms with Crippen molar-refractivity contribution in [3.05, 3.63) is 12.2 Å². The third kappa shape index (κ3) is 7.92. The molecule has 1 nitrogen and oxygen atoms in total. The molecule has 0 aromatic rings. The third-order valence-electron chi connectivity index (χ3n) is 2.84. The first-order valence-electron chi connectivity index (χ1n) is 6.06. The van der Waals surface area contributed by atoms with Crippen molar-refractivity contribution in [3.63, 3.8) is 0 Å². The summed E-state index contributed by atoms with van der Waals surface area (Å²) < 4.78 is 0. The summed E-state index contributed by atoms with van der Waals surface area (Å²) in [4.78, 5) is 2.40. The van der Waals surface area contributed by atoms with Crippen molar-refractivity contribution in [1.82, 2.24) is 4.90 Å². The summed E-state index contributed by atoms with van der Waals surface area (Å²) in [6.07, 6.45) is 3.71. The molecule has 0 heterocycles. The molecule has 0 aromatic heterocycles. The predicted octanol–water partition coefficient (Wildman–Crippen LogP) is 3.81. The molecule has 1 atom stereocenters. The number of nitrogens with zero attached hydrogens (tertiary/aromatic N) is 1. The van der Waals surface area contributed by atoms with Crippen molar-refractivity contribution in [3.8, 4) is 0 Å². The van der Waals surface area contributed by atoms with Gasteiger partial charge < -0.3 is 4.90 Å². The molecule has 0 aliphatic rings. The predicted molar refractivity (Wildman–Crippen MR) is 73.8 cm³/mol. The Morgan fingerprint density at radius 3 is 2.60 bits per heavy atom. The summed E-state index contributed by atoms with van der Waals surface area (Å²) in [6, 6.07) is 0.710. The normalized spacial score (nSPS) is 13.1. The number of rotatable bonds is 9. The van der Waals surface area contributed by atoms with E-state index in [0.717, 1.165) is 12.3 Å². The molecule has 0 radical (unpaired) electrons. The van der Waals surface area contributed by atoms with Crippen molar-refractivity contribution in [2.24, 2.45) is 0 Å². The zero-order valence-electron chi connectivity index (χ0n) is 10.9. The van der Waals surface area contributed by atoms with Gasteiger partial charge in [0.2, 0.25) is 0 Å². The molecule has 90 valence electrons. The Labute approximate surface area is 100 Å². The average Bonchev–Trinajstić information content (AvgIpc) is 2.23. The summed E-state index contributed by atoms with van der Waals surface area (Å²) in [5, 5.41) is 0. The highest BCUT2D eigenvalue weighted by Gasteiger charge is 2.06. The lowest BCUT2D eigenvalue weighted by molar-refractivity contribution is 0.266. The van der Waals surface area contributed by atoms with Crippen LogP contribution < -0.4 is 0 Å². The highest BCUT2D eigenvalue weighted by Crippen LogP contribution is 2.14. The lowest BCUT2D eigenvalue weighted by Crippen LogP contribution is -2.29. The number of thioether (sulfide) groups is 1. The van der Waals surface area contributed by atoms with E-state index in [1.54, 1.807) is 0 Å². The molecule has 0 amide bonds. The van der Waals surface area contributed by atoms with Crippen molar-refractivity contribution in [1.29, 1.82) is 0 Å². The molecule has 1 unspecified atom stereocenters. The fourth-order valence-corrected chi connectivity index (χ4v) is 2.51. The fraction of sp³-hybridized carbons (Fsp3) is 0.846. The second-order valence-corrected chi connectivity index (χ2v) is 5.37. The maximum absolute atomic E-state index is 4.08. The lowest BCUT2D eigenvalue weighted by Gasteiger charge is -2.22. The van der Waals surface area contributed by atoms with Gasteiger partial charge in [-0.05, 0) is 39.1 Å². The van der Waals surface area contributed by atoms with Gasteiger partial charge in [0.15, 0.2) is 0 Å². The van der Waals surface area contributed by atoms with E-state index in [-0.39, 0.29) is 0 Å². The first kappa shape index (κ1) is 15.0.